The molecule has 0 amide bonds. The molecular weight excluding hydrogens is 238 g/mol. The number of ether oxygens (including phenoxy) is 3. The van der Waals surface area contributed by atoms with E-state index in [1.165, 1.54) is 0 Å². The lowest BCUT2D eigenvalue weighted by Crippen LogP contribution is -2.34. The van der Waals surface area contributed by atoms with Crippen LogP contribution in [0, 0.1) is 0 Å². The van der Waals surface area contributed by atoms with Crippen molar-refractivity contribution >= 4 is 9.76 Å². The summed E-state index contributed by atoms with van der Waals surface area (Å²) in [6.07, 6.45) is 1.30. The predicted molar refractivity (Wildman–Crippen MR) is 70.8 cm³/mol. The van der Waals surface area contributed by atoms with Gasteiger partial charge in [-0.1, -0.05) is 0 Å². The lowest BCUT2D eigenvalue weighted by molar-refractivity contribution is -0.310. The van der Waals surface area contributed by atoms with Crippen LogP contribution in [0.5, 0.6) is 0 Å². The molecule has 0 bridgehead atoms. The van der Waals surface area contributed by atoms with Gasteiger partial charge >= 0.3 is 0 Å². The van der Waals surface area contributed by atoms with Gasteiger partial charge in [-0.15, -0.1) is 0 Å². The summed E-state index contributed by atoms with van der Waals surface area (Å²) in [4.78, 5) is 0. The van der Waals surface area contributed by atoms with Crippen molar-refractivity contribution in [1.82, 2.24) is 5.32 Å². The fraction of sp³-hybridized carbons (Fsp3) is 1.00. The van der Waals surface area contributed by atoms with Gasteiger partial charge in [0.1, 0.15) is 0 Å². The Bertz CT molecular complexity index is 179. The number of nitrogens with one attached hydrogen (secondary N) is 1. The SMILES string of the molecule is CNCC(C)OCCC[SiH2]OC(C)(OC)OC. The monoisotopic (exact) mass is 265 g/mol. The Hall–Kier alpha value is 0.0169. The molecule has 17 heavy (non-hydrogen) atoms. The van der Waals surface area contributed by atoms with Crippen molar-refractivity contribution in [3.05, 3.63) is 0 Å². The van der Waals surface area contributed by atoms with Crippen molar-refractivity contribution in [2.45, 2.75) is 38.4 Å². The molecule has 1 atom stereocenters. The van der Waals surface area contributed by atoms with E-state index in [-0.39, 0.29) is 6.10 Å². The Balaban J connectivity index is 3.40. The molecule has 0 spiro atoms. The molecule has 5 nitrogen and oxygen atoms in total. The van der Waals surface area contributed by atoms with Gasteiger partial charge in [0.2, 0.25) is 0 Å². The Morgan fingerprint density at radius 1 is 1.29 bits per heavy atom. The highest BCUT2D eigenvalue weighted by molar-refractivity contribution is 6.27. The molecule has 0 fully saturated rings. The number of likely N-dealkylation sites (N-methyl/N-ethyl adjacent to an activating group) is 1. The van der Waals surface area contributed by atoms with Crippen LogP contribution in [0.3, 0.4) is 0 Å². The molecular formula is C11H27NO4Si. The van der Waals surface area contributed by atoms with Gasteiger partial charge in [-0.25, -0.2) is 0 Å². The maximum atomic E-state index is 5.61. The minimum atomic E-state index is -0.869. The summed E-state index contributed by atoms with van der Waals surface area (Å²) in [7, 11) is 4.48. The maximum Gasteiger partial charge on any atom is 0.269 e. The van der Waals surface area contributed by atoms with Crippen molar-refractivity contribution in [2.24, 2.45) is 0 Å². The average molecular weight is 265 g/mol. The van der Waals surface area contributed by atoms with Crippen molar-refractivity contribution in [3.8, 4) is 0 Å². The summed E-state index contributed by atoms with van der Waals surface area (Å²) in [6.45, 7) is 5.53. The topological polar surface area (TPSA) is 49.0 Å². The normalized spacial score (nSPS) is 14.6. The predicted octanol–water partition coefficient (Wildman–Crippen LogP) is 0.486. The van der Waals surface area contributed by atoms with E-state index >= 15 is 0 Å². The summed E-state index contributed by atoms with van der Waals surface area (Å²) in [6, 6.07) is 1.06. The van der Waals surface area contributed by atoms with E-state index < -0.39 is 15.7 Å². The van der Waals surface area contributed by atoms with Gasteiger partial charge in [0, 0.05) is 34.3 Å². The van der Waals surface area contributed by atoms with E-state index in [1.54, 1.807) is 21.1 Å². The molecule has 0 saturated heterocycles. The van der Waals surface area contributed by atoms with Gasteiger partial charge in [0.15, 0.2) is 9.76 Å². The van der Waals surface area contributed by atoms with Crippen LogP contribution in [-0.4, -0.2) is 56.3 Å². The van der Waals surface area contributed by atoms with Crippen molar-refractivity contribution in [2.75, 3.05) is 34.4 Å². The first-order valence-electron chi connectivity index (χ1n) is 6.08. The van der Waals surface area contributed by atoms with Crippen LogP contribution >= 0.6 is 0 Å². The van der Waals surface area contributed by atoms with Crippen LogP contribution in [0.4, 0.5) is 0 Å². The van der Waals surface area contributed by atoms with E-state index in [2.05, 4.69) is 12.2 Å². The molecule has 0 aliphatic carbocycles. The second-order valence-corrected chi connectivity index (χ2v) is 5.47. The first kappa shape index (κ1) is 17.0. The zero-order valence-electron chi connectivity index (χ0n) is 11.7. The minimum absolute atomic E-state index is 0.269. The van der Waals surface area contributed by atoms with Gasteiger partial charge in [0.25, 0.3) is 5.97 Å². The first-order chi connectivity index (χ1) is 8.08. The molecule has 1 unspecified atom stereocenters. The fourth-order valence-electron chi connectivity index (χ4n) is 1.29. The molecule has 104 valence electrons. The Morgan fingerprint density at radius 3 is 2.47 bits per heavy atom. The fourth-order valence-corrected chi connectivity index (χ4v) is 2.45. The van der Waals surface area contributed by atoms with E-state index in [0.717, 1.165) is 25.6 Å². The zero-order valence-corrected chi connectivity index (χ0v) is 13.2. The van der Waals surface area contributed by atoms with E-state index in [9.17, 15) is 0 Å². The third-order valence-electron chi connectivity index (χ3n) is 2.54. The molecule has 0 saturated carbocycles. The molecule has 0 rings (SSSR count). The number of methoxy groups -OCH3 is 2. The highest BCUT2D eigenvalue weighted by Gasteiger charge is 2.22. The Morgan fingerprint density at radius 2 is 1.94 bits per heavy atom. The number of rotatable bonds is 11. The Labute approximate surface area is 107 Å². The summed E-state index contributed by atoms with van der Waals surface area (Å²) in [5, 5.41) is 3.08. The summed E-state index contributed by atoms with van der Waals surface area (Å²) >= 11 is 0. The lowest BCUT2D eigenvalue weighted by Gasteiger charge is -2.26. The molecule has 1 N–H and O–H groups in total. The standard InChI is InChI=1S/C11H27NO4Si/c1-10(9-12-3)15-7-6-8-17-16-11(2,13-4)14-5/h10,12H,6-9,17H2,1-5H3. The molecule has 0 aromatic rings. The number of hydrogen-bond donors (Lipinski definition) is 1. The third kappa shape index (κ3) is 8.70. The maximum absolute atomic E-state index is 5.61. The zero-order chi connectivity index (χ0) is 13.1. The minimum Gasteiger partial charge on any atom is -0.377 e. The van der Waals surface area contributed by atoms with E-state index in [4.69, 9.17) is 18.6 Å². The molecule has 0 heterocycles. The highest BCUT2D eigenvalue weighted by Crippen LogP contribution is 2.11. The summed E-state index contributed by atoms with van der Waals surface area (Å²) in [5.74, 6) is -0.869. The van der Waals surface area contributed by atoms with Crippen molar-refractivity contribution in [3.63, 3.8) is 0 Å². The van der Waals surface area contributed by atoms with Crippen molar-refractivity contribution < 1.29 is 18.6 Å². The Kier molecular flexibility index (Phi) is 10.00. The van der Waals surface area contributed by atoms with Gasteiger partial charge in [0.05, 0.1) is 6.10 Å². The van der Waals surface area contributed by atoms with Crippen LogP contribution in [0.15, 0.2) is 0 Å². The second kappa shape index (κ2) is 9.99. The molecule has 6 heteroatoms. The quantitative estimate of drug-likeness (QED) is 0.335. The van der Waals surface area contributed by atoms with Gasteiger partial charge < -0.3 is 24.0 Å². The molecule has 0 radical (unpaired) electrons. The van der Waals surface area contributed by atoms with Crippen molar-refractivity contribution in [1.29, 1.82) is 0 Å². The van der Waals surface area contributed by atoms with Crippen LogP contribution < -0.4 is 5.32 Å². The molecule has 0 aliphatic heterocycles. The van der Waals surface area contributed by atoms with Crippen LogP contribution in [-0.2, 0) is 18.6 Å². The van der Waals surface area contributed by atoms with Gasteiger partial charge in [-0.3, -0.25) is 0 Å². The average Bonchev–Trinajstić information content (AvgIpc) is 2.33. The largest absolute Gasteiger partial charge is 0.377 e. The van der Waals surface area contributed by atoms with Gasteiger partial charge in [-0.2, -0.15) is 0 Å². The summed E-state index contributed by atoms with van der Waals surface area (Å²) in [5.41, 5.74) is 0. The van der Waals surface area contributed by atoms with Crippen LogP contribution in [0.1, 0.15) is 20.3 Å². The lowest BCUT2D eigenvalue weighted by atomic mass is 10.4. The van der Waals surface area contributed by atoms with Gasteiger partial charge in [-0.05, 0) is 26.4 Å². The molecule has 0 aromatic heterocycles. The summed E-state index contributed by atoms with van der Waals surface area (Å²) < 4.78 is 21.4. The van der Waals surface area contributed by atoms with E-state index in [1.807, 2.05) is 7.05 Å². The van der Waals surface area contributed by atoms with E-state index in [0.29, 0.717) is 0 Å². The van der Waals surface area contributed by atoms with Crippen LogP contribution in [0.2, 0.25) is 6.04 Å². The first-order valence-corrected chi connectivity index (χ1v) is 7.66. The molecule has 0 aliphatic rings. The van der Waals surface area contributed by atoms with Crippen LogP contribution in [0.25, 0.3) is 0 Å². The number of hydrogen-bond acceptors (Lipinski definition) is 5. The second-order valence-electron chi connectivity index (χ2n) is 4.07. The smallest absolute Gasteiger partial charge is 0.269 e. The third-order valence-corrected chi connectivity index (χ3v) is 4.06. The highest BCUT2D eigenvalue weighted by atomic mass is 28.2. The molecule has 0 aromatic carbocycles.